The Hall–Kier alpha value is -2.16. The van der Waals surface area contributed by atoms with Crippen molar-refractivity contribution in [2.45, 2.75) is 64.2 Å². The number of carbonyl (C=O) groups is 1. The summed E-state index contributed by atoms with van der Waals surface area (Å²) in [6, 6.07) is 6.55. The molecule has 8 heteroatoms. The van der Waals surface area contributed by atoms with Gasteiger partial charge in [0.05, 0.1) is 6.10 Å². The fourth-order valence-electron chi connectivity index (χ4n) is 4.00. The highest BCUT2D eigenvalue weighted by atomic mass is 19.4. The lowest BCUT2D eigenvalue weighted by Gasteiger charge is -2.42. The van der Waals surface area contributed by atoms with Crippen LogP contribution in [0.25, 0.3) is 0 Å². The molecule has 2 rings (SSSR count). The Labute approximate surface area is 180 Å². The van der Waals surface area contributed by atoms with Gasteiger partial charge in [-0.15, -0.1) is 0 Å². The number of ether oxygens (including phenoxy) is 2. The first-order valence-electron chi connectivity index (χ1n) is 9.92. The van der Waals surface area contributed by atoms with Crippen molar-refractivity contribution in [3.05, 3.63) is 59.2 Å². The van der Waals surface area contributed by atoms with E-state index in [1.165, 1.54) is 18.2 Å². The standard InChI is InChI=1S/C23H29F3O5/c1-14(27)11-12-17-15(2)19(28)18(13-21(17,3)4)31-20(29)22(30-5,23(24,25)26)16-9-7-6-8-10-16/h6-12,14,18-19,27-28H,13H2,1-5H3/b12-11+/t14-,18+,19-,22+/m1/s1. The van der Waals surface area contributed by atoms with Crippen molar-refractivity contribution in [3.8, 4) is 0 Å². The number of methoxy groups -OCH3 is 1. The van der Waals surface area contributed by atoms with E-state index in [-0.39, 0.29) is 6.42 Å². The fraction of sp³-hybridized carbons (Fsp3) is 0.522. The summed E-state index contributed by atoms with van der Waals surface area (Å²) >= 11 is 0. The predicted octanol–water partition coefficient (Wildman–Crippen LogP) is 4.05. The van der Waals surface area contributed by atoms with Gasteiger partial charge in [0.2, 0.25) is 0 Å². The minimum absolute atomic E-state index is 0.0865. The molecule has 0 radical (unpaired) electrons. The number of carbonyl (C=O) groups excluding carboxylic acids is 1. The molecule has 4 atom stereocenters. The van der Waals surface area contributed by atoms with Crippen molar-refractivity contribution >= 4 is 5.97 Å². The molecule has 0 heterocycles. The van der Waals surface area contributed by atoms with Gasteiger partial charge >= 0.3 is 12.1 Å². The van der Waals surface area contributed by atoms with Crippen LogP contribution in [0.5, 0.6) is 0 Å². The van der Waals surface area contributed by atoms with E-state index in [1.54, 1.807) is 26.0 Å². The average Bonchev–Trinajstić information content (AvgIpc) is 2.66. The largest absolute Gasteiger partial charge is 0.457 e. The van der Waals surface area contributed by atoms with Gasteiger partial charge in [-0.2, -0.15) is 13.2 Å². The van der Waals surface area contributed by atoms with Gasteiger partial charge in [-0.3, -0.25) is 0 Å². The zero-order valence-corrected chi connectivity index (χ0v) is 18.2. The molecule has 1 aromatic carbocycles. The molecule has 2 N–H and O–H groups in total. The maximum Gasteiger partial charge on any atom is 0.432 e. The van der Waals surface area contributed by atoms with E-state index >= 15 is 0 Å². The fourth-order valence-corrected chi connectivity index (χ4v) is 4.00. The van der Waals surface area contributed by atoms with Gasteiger partial charge < -0.3 is 19.7 Å². The summed E-state index contributed by atoms with van der Waals surface area (Å²) in [5.41, 5.74) is -3.17. The number of rotatable bonds is 6. The number of allylic oxidation sites excluding steroid dienone is 2. The second-order valence-electron chi connectivity index (χ2n) is 8.42. The van der Waals surface area contributed by atoms with Crippen LogP contribution in [0.1, 0.15) is 39.7 Å². The predicted molar refractivity (Wildman–Crippen MR) is 109 cm³/mol. The van der Waals surface area contributed by atoms with Crippen LogP contribution in [0.3, 0.4) is 0 Å². The number of aliphatic hydroxyl groups is 2. The molecule has 0 unspecified atom stereocenters. The number of benzene rings is 1. The SMILES string of the molecule is CO[C@](C(=O)O[C@H]1CC(C)(C)C(/C=C/[C@@H](C)O)=C(C)[C@H]1O)(c1ccccc1)C(F)(F)F. The summed E-state index contributed by atoms with van der Waals surface area (Å²) in [5.74, 6) is -1.63. The van der Waals surface area contributed by atoms with E-state index in [1.807, 2.05) is 13.8 Å². The molecular formula is C23H29F3O5. The van der Waals surface area contributed by atoms with E-state index in [4.69, 9.17) is 9.47 Å². The monoisotopic (exact) mass is 442 g/mol. The molecule has 1 aliphatic rings. The van der Waals surface area contributed by atoms with Crippen molar-refractivity contribution < 1.29 is 37.7 Å². The third kappa shape index (κ3) is 4.86. The highest BCUT2D eigenvalue weighted by Gasteiger charge is 2.64. The van der Waals surface area contributed by atoms with E-state index in [0.29, 0.717) is 5.57 Å². The molecule has 0 aromatic heterocycles. The Morgan fingerprint density at radius 2 is 1.84 bits per heavy atom. The Balaban J connectivity index is 2.44. The van der Waals surface area contributed by atoms with Gasteiger partial charge in [0.25, 0.3) is 5.60 Å². The van der Waals surface area contributed by atoms with Gasteiger partial charge in [-0.25, -0.2) is 4.79 Å². The van der Waals surface area contributed by atoms with Crippen LogP contribution in [0.15, 0.2) is 53.6 Å². The van der Waals surface area contributed by atoms with E-state index in [0.717, 1.165) is 24.8 Å². The lowest BCUT2D eigenvalue weighted by atomic mass is 9.70. The van der Waals surface area contributed by atoms with Crippen molar-refractivity contribution in [2.24, 2.45) is 5.41 Å². The molecule has 0 saturated carbocycles. The molecule has 0 saturated heterocycles. The summed E-state index contributed by atoms with van der Waals surface area (Å²) in [5, 5.41) is 20.2. The van der Waals surface area contributed by atoms with Crippen LogP contribution in [0.2, 0.25) is 0 Å². The van der Waals surface area contributed by atoms with Crippen LogP contribution in [-0.4, -0.2) is 47.8 Å². The molecule has 172 valence electrons. The molecule has 5 nitrogen and oxygen atoms in total. The second kappa shape index (κ2) is 9.14. The van der Waals surface area contributed by atoms with Crippen LogP contribution < -0.4 is 0 Å². The Kier molecular flexibility index (Phi) is 7.40. The van der Waals surface area contributed by atoms with Crippen molar-refractivity contribution in [1.82, 2.24) is 0 Å². The summed E-state index contributed by atoms with van der Waals surface area (Å²) in [4.78, 5) is 12.9. The molecule has 0 aliphatic heterocycles. The number of hydrogen-bond donors (Lipinski definition) is 2. The zero-order valence-electron chi connectivity index (χ0n) is 18.2. The van der Waals surface area contributed by atoms with Crippen molar-refractivity contribution in [3.63, 3.8) is 0 Å². The molecule has 0 spiro atoms. The summed E-state index contributed by atoms with van der Waals surface area (Å²) < 4.78 is 52.3. The molecule has 1 aromatic rings. The number of aliphatic hydroxyl groups excluding tert-OH is 2. The topological polar surface area (TPSA) is 76.0 Å². The highest BCUT2D eigenvalue weighted by Crippen LogP contribution is 2.46. The molecule has 31 heavy (non-hydrogen) atoms. The molecular weight excluding hydrogens is 413 g/mol. The minimum atomic E-state index is -5.09. The van der Waals surface area contributed by atoms with Crippen molar-refractivity contribution in [2.75, 3.05) is 7.11 Å². The molecule has 0 bridgehead atoms. The maximum absolute atomic E-state index is 14.1. The van der Waals surface area contributed by atoms with Gasteiger partial charge in [-0.1, -0.05) is 56.3 Å². The first kappa shape index (κ1) is 25.1. The molecule has 1 aliphatic carbocycles. The highest BCUT2D eigenvalue weighted by molar-refractivity contribution is 5.83. The van der Waals surface area contributed by atoms with Gasteiger partial charge in [0, 0.05) is 12.7 Å². The van der Waals surface area contributed by atoms with E-state index in [9.17, 15) is 28.2 Å². The normalized spacial score (nSPS) is 24.7. The average molecular weight is 442 g/mol. The number of esters is 1. The van der Waals surface area contributed by atoms with E-state index in [2.05, 4.69) is 0 Å². The Morgan fingerprint density at radius 1 is 1.26 bits per heavy atom. The lowest BCUT2D eigenvalue weighted by Crippen LogP contribution is -2.54. The van der Waals surface area contributed by atoms with Crippen LogP contribution in [-0.2, 0) is 19.9 Å². The van der Waals surface area contributed by atoms with Crippen molar-refractivity contribution in [1.29, 1.82) is 0 Å². The van der Waals surface area contributed by atoms with E-state index < -0.39 is 47.0 Å². The summed E-state index contributed by atoms with van der Waals surface area (Å²) in [6.07, 6.45) is -4.98. The van der Waals surface area contributed by atoms with Gasteiger partial charge in [-0.05, 0) is 36.8 Å². The number of hydrogen-bond acceptors (Lipinski definition) is 5. The lowest BCUT2D eigenvalue weighted by molar-refractivity contribution is -0.279. The van der Waals surface area contributed by atoms with Gasteiger partial charge in [0.15, 0.2) is 0 Å². The summed E-state index contributed by atoms with van der Waals surface area (Å²) in [6.45, 7) is 6.86. The van der Waals surface area contributed by atoms with Crippen LogP contribution in [0.4, 0.5) is 13.2 Å². The first-order valence-corrected chi connectivity index (χ1v) is 9.92. The third-order valence-corrected chi connectivity index (χ3v) is 5.63. The first-order chi connectivity index (χ1) is 14.3. The smallest absolute Gasteiger partial charge is 0.432 e. The molecule has 0 fully saturated rings. The Morgan fingerprint density at radius 3 is 2.32 bits per heavy atom. The zero-order chi connectivity index (χ0) is 23.6. The maximum atomic E-state index is 14.1. The summed E-state index contributed by atoms with van der Waals surface area (Å²) in [7, 11) is 0.799. The second-order valence-corrected chi connectivity index (χ2v) is 8.42. The van der Waals surface area contributed by atoms with Crippen LogP contribution in [0, 0.1) is 5.41 Å². The van der Waals surface area contributed by atoms with Gasteiger partial charge in [0.1, 0.15) is 12.2 Å². The quantitative estimate of drug-likeness (QED) is 0.651. The third-order valence-electron chi connectivity index (χ3n) is 5.63. The molecule has 0 amide bonds. The van der Waals surface area contributed by atoms with Crippen LogP contribution >= 0.6 is 0 Å². The Bertz CT molecular complexity index is 843. The number of alkyl halides is 3. The minimum Gasteiger partial charge on any atom is -0.457 e. The number of halogens is 3.